The Labute approximate surface area is 117 Å². The van der Waals surface area contributed by atoms with Crippen LogP contribution in [0.25, 0.3) is 0 Å². The Hall–Kier alpha value is -0.810. The second-order valence-electron chi connectivity index (χ2n) is 4.88. The second kappa shape index (κ2) is 10.0. The molecule has 19 heavy (non-hydrogen) atoms. The molecular formula is C14H29N3O2. The van der Waals surface area contributed by atoms with Gasteiger partial charge in [-0.15, -0.1) is 0 Å². The average molecular weight is 271 g/mol. The maximum atomic E-state index is 5.86. The standard InChI is InChI=1S/C14H29N3O2/c1-4-8-16-14(15-2)17-9-6-13(7-10-17)19-12-5-11-18-3/h13H,4-12H2,1-3H3,(H,15,16). The number of nitrogens with one attached hydrogen (secondary N) is 1. The first-order valence-corrected chi connectivity index (χ1v) is 7.38. The van der Waals surface area contributed by atoms with Crippen LogP contribution in [-0.4, -0.2) is 64.0 Å². The molecule has 5 nitrogen and oxygen atoms in total. The molecule has 1 heterocycles. The highest BCUT2D eigenvalue weighted by Gasteiger charge is 2.21. The van der Waals surface area contributed by atoms with Crippen molar-refractivity contribution in [1.29, 1.82) is 0 Å². The average Bonchev–Trinajstić information content (AvgIpc) is 2.46. The molecule has 0 aromatic heterocycles. The van der Waals surface area contributed by atoms with E-state index >= 15 is 0 Å². The topological polar surface area (TPSA) is 46.1 Å². The van der Waals surface area contributed by atoms with Crippen molar-refractivity contribution in [1.82, 2.24) is 10.2 Å². The summed E-state index contributed by atoms with van der Waals surface area (Å²) in [6, 6.07) is 0. The molecule has 0 spiro atoms. The highest BCUT2D eigenvalue weighted by Crippen LogP contribution is 2.14. The fraction of sp³-hybridized carbons (Fsp3) is 0.929. The molecule has 1 N–H and O–H groups in total. The van der Waals surface area contributed by atoms with E-state index in [1.54, 1.807) is 7.11 Å². The van der Waals surface area contributed by atoms with Crippen molar-refractivity contribution in [3.05, 3.63) is 0 Å². The van der Waals surface area contributed by atoms with Gasteiger partial charge in [0, 0.05) is 47.0 Å². The summed E-state index contributed by atoms with van der Waals surface area (Å²) >= 11 is 0. The number of likely N-dealkylation sites (tertiary alicyclic amines) is 1. The number of piperidine rings is 1. The minimum atomic E-state index is 0.400. The Balaban J connectivity index is 2.20. The Morgan fingerprint density at radius 2 is 2.05 bits per heavy atom. The molecule has 1 aliphatic heterocycles. The highest BCUT2D eigenvalue weighted by molar-refractivity contribution is 5.79. The van der Waals surface area contributed by atoms with E-state index in [9.17, 15) is 0 Å². The maximum Gasteiger partial charge on any atom is 0.193 e. The SMILES string of the molecule is CCCNC(=NC)N1CCC(OCCCOC)CC1. The van der Waals surface area contributed by atoms with Crippen LogP contribution in [0.5, 0.6) is 0 Å². The Bertz CT molecular complexity index is 251. The first-order valence-electron chi connectivity index (χ1n) is 7.38. The first-order chi connectivity index (χ1) is 9.31. The number of nitrogens with zero attached hydrogens (tertiary/aromatic N) is 2. The summed E-state index contributed by atoms with van der Waals surface area (Å²) in [4.78, 5) is 6.66. The van der Waals surface area contributed by atoms with Crippen LogP contribution in [0.3, 0.4) is 0 Å². The summed E-state index contributed by atoms with van der Waals surface area (Å²) < 4.78 is 10.9. The zero-order valence-electron chi connectivity index (χ0n) is 12.7. The summed E-state index contributed by atoms with van der Waals surface area (Å²) in [6.45, 7) is 6.80. The third kappa shape index (κ3) is 6.25. The van der Waals surface area contributed by atoms with Crippen molar-refractivity contribution in [3.8, 4) is 0 Å². The molecule has 5 heteroatoms. The van der Waals surface area contributed by atoms with Gasteiger partial charge >= 0.3 is 0 Å². The molecule has 0 amide bonds. The molecule has 0 aromatic rings. The zero-order chi connectivity index (χ0) is 13.9. The van der Waals surface area contributed by atoms with Gasteiger partial charge in [0.2, 0.25) is 0 Å². The van der Waals surface area contributed by atoms with Crippen LogP contribution >= 0.6 is 0 Å². The summed E-state index contributed by atoms with van der Waals surface area (Å²) in [6.07, 6.45) is 4.67. The van der Waals surface area contributed by atoms with Gasteiger partial charge in [0.05, 0.1) is 6.10 Å². The third-order valence-corrected chi connectivity index (χ3v) is 3.33. The normalized spacial score (nSPS) is 17.8. The summed E-state index contributed by atoms with van der Waals surface area (Å²) in [5.41, 5.74) is 0. The lowest BCUT2D eigenvalue weighted by atomic mass is 10.1. The van der Waals surface area contributed by atoms with Crippen molar-refractivity contribution in [2.75, 3.05) is 47.0 Å². The van der Waals surface area contributed by atoms with E-state index in [0.29, 0.717) is 6.10 Å². The number of rotatable bonds is 7. The van der Waals surface area contributed by atoms with Gasteiger partial charge in [-0.05, 0) is 25.7 Å². The molecule has 0 unspecified atom stereocenters. The van der Waals surface area contributed by atoms with Crippen LogP contribution in [0.4, 0.5) is 0 Å². The van der Waals surface area contributed by atoms with E-state index in [-0.39, 0.29) is 0 Å². The molecule has 0 saturated carbocycles. The monoisotopic (exact) mass is 271 g/mol. The number of hydrogen-bond donors (Lipinski definition) is 1. The minimum absolute atomic E-state index is 0.400. The van der Waals surface area contributed by atoms with Gasteiger partial charge in [0.25, 0.3) is 0 Å². The van der Waals surface area contributed by atoms with Gasteiger partial charge < -0.3 is 19.7 Å². The van der Waals surface area contributed by atoms with Gasteiger partial charge in [0.15, 0.2) is 5.96 Å². The van der Waals surface area contributed by atoms with Crippen molar-refractivity contribution in [2.45, 2.75) is 38.7 Å². The van der Waals surface area contributed by atoms with Crippen LogP contribution in [0, 0.1) is 0 Å². The molecule has 0 aliphatic carbocycles. The summed E-state index contributed by atoms with van der Waals surface area (Å²) in [5, 5.41) is 3.38. The van der Waals surface area contributed by atoms with Crippen LogP contribution in [0.15, 0.2) is 4.99 Å². The zero-order valence-corrected chi connectivity index (χ0v) is 12.7. The predicted octanol–water partition coefficient (Wildman–Crippen LogP) is 1.49. The predicted molar refractivity (Wildman–Crippen MR) is 78.7 cm³/mol. The largest absolute Gasteiger partial charge is 0.385 e. The third-order valence-electron chi connectivity index (χ3n) is 3.33. The second-order valence-corrected chi connectivity index (χ2v) is 4.88. The molecule has 0 bridgehead atoms. The van der Waals surface area contributed by atoms with E-state index in [1.165, 1.54) is 0 Å². The molecule has 1 aliphatic rings. The van der Waals surface area contributed by atoms with Crippen LogP contribution in [0.1, 0.15) is 32.6 Å². The van der Waals surface area contributed by atoms with Gasteiger partial charge in [-0.2, -0.15) is 0 Å². The lowest BCUT2D eigenvalue weighted by Crippen LogP contribution is -2.47. The summed E-state index contributed by atoms with van der Waals surface area (Å²) in [5.74, 6) is 1.03. The van der Waals surface area contributed by atoms with Crippen LogP contribution in [-0.2, 0) is 9.47 Å². The number of hydrogen-bond acceptors (Lipinski definition) is 3. The minimum Gasteiger partial charge on any atom is -0.385 e. The Kier molecular flexibility index (Phi) is 8.58. The first kappa shape index (κ1) is 16.2. The molecule has 1 saturated heterocycles. The molecule has 0 aromatic carbocycles. The number of aliphatic imine (C=N–C) groups is 1. The number of ether oxygens (including phenoxy) is 2. The van der Waals surface area contributed by atoms with E-state index in [4.69, 9.17) is 9.47 Å². The fourth-order valence-corrected chi connectivity index (χ4v) is 2.26. The Morgan fingerprint density at radius 3 is 2.63 bits per heavy atom. The highest BCUT2D eigenvalue weighted by atomic mass is 16.5. The van der Waals surface area contributed by atoms with E-state index in [2.05, 4.69) is 22.1 Å². The van der Waals surface area contributed by atoms with Crippen LogP contribution in [0.2, 0.25) is 0 Å². The molecule has 0 atom stereocenters. The quantitative estimate of drug-likeness (QED) is 0.433. The van der Waals surface area contributed by atoms with Crippen molar-refractivity contribution >= 4 is 5.96 Å². The van der Waals surface area contributed by atoms with Gasteiger partial charge in [0.1, 0.15) is 0 Å². The Morgan fingerprint density at radius 1 is 1.32 bits per heavy atom. The van der Waals surface area contributed by atoms with E-state index < -0.39 is 0 Å². The van der Waals surface area contributed by atoms with Gasteiger partial charge in [-0.25, -0.2) is 0 Å². The van der Waals surface area contributed by atoms with Crippen LogP contribution < -0.4 is 5.32 Å². The lowest BCUT2D eigenvalue weighted by Gasteiger charge is -2.34. The molecule has 1 rings (SSSR count). The fourth-order valence-electron chi connectivity index (χ4n) is 2.26. The van der Waals surface area contributed by atoms with E-state index in [1.807, 2.05) is 7.05 Å². The van der Waals surface area contributed by atoms with Gasteiger partial charge in [-0.1, -0.05) is 6.92 Å². The van der Waals surface area contributed by atoms with Crippen molar-refractivity contribution in [2.24, 2.45) is 4.99 Å². The smallest absolute Gasteiger partial charge is 0.193 e. The summed E-state index contributed by atoms with van der Waals surface area (Å²) in [7, 11) is 3.58. The van der Waals surface area contributed by atoms with Gasteiger partial charge in [-0.3, -0.25) is 4.99 Å². The lowest BCUT2D eigenvalue weighted by molar-refractivity contribution is 0.00991. The maximum absolute atomic E-state index is 5.86. The molecule has 1 fully saturated rings. The number of guanidine groups is 1. The van der Waals surface area contributed by atoms with Crippen molar-refractivity contribution in [3.63, 3.8) is 0 Å². The number of methoxy groups -OCH3 is 1. The molecule has 0 radical (unpaired) electrons. The van der Waals surface area contributed by atoms with Crippen molar-refractivity contribution < 1.29 is 9.47 Å². The van der Waals surface area contributed by atoms with E-state index in [0.717, 1.165) is 64.5 Å². The molecular weight excluding hydrogens is 242 g/mol. The molecule has 112 valence electrons.